The van der Waals surface area contributed by atoms with Gasteiger partial charge in [-0.25, -0.2) is 9.97 Å². The van der Waals surface area contributed by atoms with Gasteiger partial charge in [-0.1, -0.05) is 30.3 Å². The number of carbonyl (C=O) groups is 4. The van der Waals surface area contributed by atoms with Gasteiger partial charge in [0, 0.05) is 45.1 Å². The summed E-state index contributed by atoms with van der Waals surface area (Å²) >= 11 is 0. The predicted octanol–water partition coefficient (Wildman–Crippen LogP) is 0.741. The number of hydrogen-bond acceptors (Lipinski definition) is 7. The van der Waals surface area contributed by atoms with Gasteiger partial charge in [0.15, 0.2) is 11.6 Å². The summed E-state index contributed by atoms with van der Waals surface area (Å²) in [5, 5.41) is 14.8. The van der Waals surface area contributed by atoms with Crippen molar-refractivity contribution < 1.29 is 24.3 Å². The number of piperazine rings is 1. The number of carboxylic acid groups (broad SMARTS) is 1. The Morgan fingerprint density at radius 1 is 1.09 bits per heavy atom. The van der Waals surface area contributed by atoms with Crippen LogP contribution in [0.15, 0.2) is 36.4 Å². The molecule has 3 N–H and O–H groups in total. The Labute approximate surface area is 185 Å². The van der Waals surface area contributed by atoms with E-state index >= 15 is 0 Å². The van der Waals surface area contributed by atoms with E-state index in [1.807, 2.05) is 6.07 Å². The summed E-state index contributed by atoms with van der Waals surface area (Å²) in [4.78, 5) is 59.1. The number of hydrogen-bond donors (Lipinski definition) is 3. The fraction of sp³-hybridized carbons (Fsp3) is 0.364. The minimum absolute atomic E-state index is 0.0555. The van der Waals surface area contributed by atoms with E-state index in [9.17, 15) is 19.2 Å². The van der Waals surface area contributed by atoms with Crippen molar-refractivity contribution in [2.45, 2.75) is 25.8 Å². The standard InChI is InChI=1S/C22H25N5O5/c1-14(28)17-13-18(25-20(24-17)15-5-3-2-4-6-15)21(31)26-16(7-8-19(29)30)22(32)27-11-9-23-10-12-27/h2-6,13,16,23H,7-12H2,1H3,(H,26,31)(H,29,30). The second kappa shape index (κ2) is 10.6. The number of Topliss-reactive ketones (excluding diaryl/α,β-unsaturated/α-hetero) is 1. The predicted molar refractivity (Wildman–Crippen MR) is 115 cm³/mol. The normalized spacial score (nSPS) is 14.5. The van der Waals surface area contributed by atoms with Crippen molar-refractivity contribution in [2.75, 3.05) is 26.2 Å². The number of carboxylic acids is 1. The van der Waals surface area contributed by atoms with Crippen LogP contribution >= 0.6 is 0 Å². The topological polar surface area (TPSA) is 142 Å². The van der Waals surface area contributed by atoms with E-state index in [2.05, 4.69) is 20.6 Å². The van der Waals surface area contributed by atoms with E-state index in [0.29, 0.717) is 31.7 Å². The van der Waals surface area contributed by atoms with Gasteiger partial charge in [0.05, 0.1) is 0 Å². The number of nitrogens with zero attached hydrogens (tertiary/aromatic N) is 3. The second-order valence-electron chi connectivity index (χ2n) is 7.42. The molecule has 10 heteroatoms. The minimum Gasteiger partial charge on any atom is -0.481 e. The Morgan fingerprint density at radius 3 is 2.38 bits per heavy atom. The zero-order chi connectivity index (χ0) is 23.1. The van der Waals surface area contributed by atoms with Crippen molar-refractivity contribution in [3.63, 3.8) is 0 Å². The molecule has 2 amide bonds. The maximum Gasteiger partial charge on any atom is 0.303 e. The maximum atomic E-state index is 13.0. The molecule has 0 radical (unpaired) electrons. The molecule has 2 heterocycles. The third-order valence-electron chi connectivity index (χ3n) is 5.03. The van der Waals surface area contributed by atoms with Crippen LogP contribution in [0.1, 0.15) is 40.7 Å². The first kappa shape index (κ1) is 23.0. The highest BCUT2D eigenvalue weighted by atomic mass is 16.4. The Kier molecular flexibility index (Phi) is 7.61. The first-order valence-electron chi connectivity index (χ1n) is 10.3. The first-order chi connectivity index (χ1) is 15.3. The fourth-order valence-corrected chi connectivity index (χ4v) is 3.32. The average Bonchev–Trinajstić information content (AvgIpc) is 2.81. The lowest BCUT2D eigenvalue weighted by Crippen LogP contribution is -2.54. The van der Waals surface area contributed by atoms with E-state index in [-0.39, 0.29) is 41.7 Å². The average molecular weight is 439 g/mol. The van der Waals surface area contributed by atoms with Crippen LogP contribution in [-0.4, -0.2) is 75.8 Å². The van der Waals surface area contributed by atoms with Gasteiger partial charge < -0.3 is 20.6 Å². The van der Waals surface area contributed by atoms with E-state index in [0.717, 1.165) is 0 Å². The number of benzene rings is 1. The van der Waals surface area contributed by atoms with Crippen LogP contribution in [0.5, 0.6) is 0 Å². The largest absolute Gasteiger partial charge is 0.481 e. The van der Waals surface area contributed by atoms with Crippen molar-refractivity contribution >= 4 is 23.6 Å². The van der Waals surface area contributed by atoms with E-state index in [1.165, 1.54) is 13.0 Å². The van der Waals surface area contributed by atoms with Gasteiger partial charge in [-0.3, -0.25) is 19.2 Å². The lowest BCUT2D eigenvalue weighted by molar-refractivity contribution is -0.138. The molecule has 10 nitrogen and oxygen atoms in total. The van der Waals surface area contributed by atoms with Crippen LogP contribution in [-0.2, 0) is 9.59 Å². The van der Waals surface area contributed by atoms with Gasteiger partial charge in [-0.05, 0) is 12.5 Å². The molecule has 0 spiro atoms. The van der Waals surface area contributed by atoms with Crippen molar-refractivity contribution in [1.29, 1.82) is 0 Å². The molecule has 1 aliphatic heterocycles. The Morgan fingerprint density at radius 2 is 1.75 bits per heavy atom. The number of rotatable bonds is 8. The lowest BCUT2D eigenvalue weighted by Gasteiger charge is -2.31. The van der Waals surface area contributed by atoms with Gasteiger partial charge in [-0.15, -0.1) is 0 Å². The maximum absolute atomic E-state index is 13.0. The SMILES string of the molecule is CC(=O)c1cc(C(=O)NC(CCC(=O)O)C(=O)N2CCNCC2)nc(-c2ccccc2)n1. The number of aromatic nitrogens is 2. The second-order valence-corrected chi connectivity index (χ2v) is 7.42. The van der Waals surface area contributed by atoms with Gasteiger partial charge in [0.2, 0.25) is 5.91 Å². The van der Waals surface area contributed by atoms with Crippen molar-refractivity contribution in [3.8, 4) is 11.4 Å². The third-order valence-corrected chi connectivity index (χ3v) is 5.03. The van der Waals surface area contributed by atoms with Crippen LogP contribution < -0.4 is 10.6 Å². The Hall–Kier alpha value is -3.66. The molecule has 1 atom stereocenters. The molecule has 32 heavy (non-hydrogen) atoms. The zero-order valence-corrected chi connectivity index (χ0v) is 17.7. The van der Waals surface area contributed by atoms with Crippen molar-refractivity contribution in [2.24, 2.45) is 0 Å². The smallest absolute Gasteiger partial charge is 0.303 e. The molecule has 1 aromatic heterocycles. The van der Waals surface area contributed by atoms with Crippen LogP contribution in [0, 0.1) is 0 Å². The molecule has 1 fully saturated rings. The molecule has 2 aromatic rings. The van der Waals surface area contributed by atoms with Crippen LogP contribution in [0.25, 0.3) is 11.4 Å². The van der Waals surface area contributed by atoms with Gasteiger partial charge in [0.25, 0.3) is 5.91 Å². The summed E-state index contributed by atoms with van der Waals surface area (Å²) in [5.41, 5.74) is 0.626. The third kappa shape index (κ3) is 5.94. The van der Waals surface area contributed by atoms with Crippen LogP contribution in [0.2, 0.25) is 0 Å². The van der Waals surface area contributed by atoms with Crippen molar-refractivity contribution in [1.82, 2.24) is 25.5 Å². The molecule has 0 bridgehead atoms. The summed E-state index contributed by atoms with van der Waals surface area (Å²) in [6.07, 6.45) is -0.333. The molecule has 0 saturated carbocycles. The number of ketones is 1. The fourth-order valence-electron chi connectivity index (χ4n) is 3.32. The van der Waals surface area contributed by atoms with E-state index in [1.54, 1.807) is 29.2 Å². The first-order valence-corrected chi connectivity index (χ1v) is 10.3. The molecule has 0 aliphatic carbocycles. The highest BCUT2D eigenvalue weighted by molar-refractivity contribution is 5.99. The van der Waals surface area contributed by atoms with Crippen LogP contribution in [0.4, 0.5) is 0 Å². The highest BCUT2D eigenvalue weighted by Crippen LogP contribution is 2.16. The zero-order valence-electron chi connectivity index (χ0n) is 17.7. The Bertz CT molecular complexity index is 1010. The summed E-state index contributed by atoms with van der Waals surface area (Å²) in [7, 11) is 0. The molecular formula is C22H25N5O5. The number of amides is 2. The number of aliphatic carboxylic acids is 1. The minimum atomic E-state index is -1.07. The van der Waals surface area contributed by atoms with E-state index < -0.39 is 17.9 Å². The number of carbonyl (C=O) groups excluding carboxylic acids is 3. The highest BCUT2D eigenvalue weighted by Gasteiger charge is 2.28. The summed E-state index contributed by atoms with van der Waals surface area (Å²) < 4.78 is 0. The molecule has 1 aliphatic rings. The van der Waals surface area contributed by atoms with E-state index in [4.69, 9.17) is 5.11 Å². The summed E-state index contributed by atoms with van der Waals surface area (Å²) in [6.45, 7) is 3.53. The van der Waals surface area contributed by atoms with Gasteiger partial charge in [0.1, 0.15) is 17.4 Å². The molecular weight excluding hydrogens is 414 g/mol. The molecule has 168 valence electrons. The molecule has 3 rings (SSSR count). The summed E-state index contributed by atoms with van der Waals surface area (Å²) in [5.74, 6) is -2.21. The lowest BCUT2D eigenvalue weighted by atomic mass is 10.1. The quantitative estimate of drug-likeness (QED) is 0.512. The number of nitrogens with one attached hydrogen (secondary N) is 2. The molecule has 1 aromatic carbocycles. The summed E-state index contributed by atoms with van der Waals surface area (Å²) in [6, 6.07) is 9.15. The van der Waals surface area contributed by atoms with Crippen LogP contribution in [0.3, 0.4) is 0 Å². The monoisotopic (exact) mass is 439 g/mol. The molecule has 1 saturated heterocycles. The Balaban J connectivity index is 1.87. The molecule has 1 unspecified atom stereocenters. The van der Waals surface area contributed by atoms with Gasteiger partial charge in [-0.2, -0.15) is 0 Å². The van der Waals surface area contributed by atoms with Gasteiger partial charge >= 0.3 is 5.97 Å². The van der Waals surface area contributed by atoms with Crippen molar-refractivity contribution in [3.05, 3.63) is 47.8 Å².